The van der Waals surface area contributed by atoms with Crippen LogP contribution in [0.4, 0.5) is 0 Å². The Hall–Kier alpha value is -2.23. The van der Waals surface area contributed by atoms with Crippen LogP contribution < -0.4 is 9.47 Å². The van der Waals surface area contributed by atoms with E-state index in [1.165, 1.54) is 119 Å². The van der Waals surface area contributed by atoms with Gasteiger partial charge in [0.2, 0.25) is 0 Å². The van der Waals surface area contributed by atoms with Crippen LogP contribution in [0, 0.1) is 47.8 Å². The molecule has 0 amide bonds. The van der Waals surface area contributed by atoms with Crippen LogP contribution in [-0.2, 0) is 22.4 Å². The molecule has 4 aliphatic rings. The van der Waals surface area contributed by atoms with E-state index in [-0.39, 0.29) is 17.0 Å². The fourth-order valence-corrected chi connectivity index (χ4v) is 11.3. The number of ether oxygens (including phenoxy) is 3. The SMILES string of the molecule is CC1=CC(=O)[C@]2(COc3cc(C)c4c(c3C2)CC[C@@](C)(CCC[C@H](C)CCC[C@H](C)CCCC(C)C)O4)C2=C1O[C@](C)(CCC[C@H](C)CCC[C@H](C)CCCC(C)C)CC2. The van der Waals surface area contributed by atoms with Gasteiger partial charge in [-0.1, -0.05) is 145 Å². The number of hydrogen-bond acceptors (Lipinski definition) is 4. The zero-order chi connectivity index (χ0) is 43.7. The average molecular weight is 829 g/mol. The minimum absolute atomic E-state index is 0.162. The summed E-state index contributed by atoms with van der Waals surface area (Å²) in [4.78, 5) is 14.3. The molecule has 3 aliphatic heterocycles. The number of ketones is 1. The van der Waals surface area contributed by atoms with Crippen LogP contribution in [0.2, 0.25) is 0 Å². The molecule has 7 atom stereocenters. The van der Waals surface area contributed by atoms with E-state index in [1.54, 1.807) is 0 Å². The summed E-state index contributed by atoms with van der Waals surface area (Å²) in [6.07, 6.45) is 29.8. The molecule has 4 heteroatoms. The second-order valence-electron chi connectivity index (χ2n) is 22.8. The molecule has 0 saturated carbocycles. The smallest absolute Gasteiger partial charge is 0.170 e. The lowest BCUT2D eigenvalue weighted by molar-refractivity contribution is -0.125. The Balaban J connectivity index is 1.15. The van der Waals surface area contributed by atoms with Crippen LogP contribution in [0.25, 0.3) is 0 Å². The van der Waals surface area contributed by atoms with Gasteiger partial charge in [0.25, 0.3) is 0 Å². The van der Waals surface area contributed by atoms with Gasteiger partial charge in [0.05, 0.1) is 5.41 Å². The summed E-state index contributed by atoms with van der Waals surface area (Å²) in [5.41, 5.74) is 4.72. The highest BCUT2D eigenvalue weighted by Gasteiger charge is 2.52. The zero-order valence-electron chi connectivity index (χ0n) is 41.2. The van der Waals surface area contributed by atoms with Gasteiger partial charge in [-0.05, 0) is 150 Å². The van der Waals surface area contributed by atoms with Gasteiger partial charge in [0, 0.05) is 11.1 Å². The third kappa shape index (κ3) is 13.2. The first kappa shape index (κ1) is 48.8. The van der Waals surface area contributed by atoms with E-state index < -0.39 is 5.41 Å². The van der Waals surface area contributed by atoms with Crippen molar-refractivity contribution >= 4 is 5.78 Å². The molecule has 0 saturated heterocycles. The summed E-state index contributed by atoms with van der Waals surface area (Å²) >= 11 is 0. The van der Waals surface area contributed by atoms with Gasteiger partial charge in [-0.15, -0.1) is 0 Å². The van der Waals surface area contributed by atoms with Crippen molar-refractivity contribution in [2.24, 2.45) is 40.9 Å². The first-order valence-electron chi connectivity index (χ1n) is 25.6. The molecule has 0 bridgehead atoms. The summed E-state index contributed by atoms with van der Waals surface area (Å²) in [6.45, 7) is 28.5. The Morgan fingerprint density at radius 3 is 1.58 bits per heavy atom. The van der Waals surface area contributed by atoms with E-state index in [2.05, 4.69) is 89.2 Å². The predicted octanol–water partition coefficient (Wildman–Crippen LogP) is 16.2. The van der Waals surface area contributed by atoms with E-state index in [4.69, 9.17) is 14.2 Å². The van der Waals surface area contributed by atoms with E-state index in [1.807, 2.05) is 6.08 Å². The molecule has 0 fully saturated rings. The second-order valence-corrected chi connectivity index (χ2v) is 22.8. The van der Waals surface area contributed by atoms with E-state index in [9.17, 15) is 4.79 Å². The Labute approximate surface area is 370 Å². The number of rotatable bonds is 24. The normalized spacial score (nSPS) is 25.8. The lowest BCUT2D eigenvalue weighted by Crippen LogP contribution is -2.48. The van der Waals surface area contributed by atoms with Crippen molar-refractivity contribution in [2.75, 3.05) is 6.61 Å². The largest absolute Gasteiger partial charge is 0.492 e. The van der Waals surface area contributed by atoms with Crippen LogP contribution in [-0.4, -0.2) is 23.6 Å². The van der Waals surface area contributed by atoms with Crippen LogP contribution >= 0.6 is 0 Å². The van der Waals surface area contributed by atoms with Crippen molar-refractivity contribution < 1.29 is 19.0 Å². The van der Waals surface area contributed by atoms with Crippen molar-refractivity contribution in [1.29, 1.82) is 0 Å². The maximum absolute atomic E-state index is 14.3. The predicted molar refractivity (Wildman–Crippen MR) is 254 cm³/mol. The molecular formula is C56H92O4. The second kappa shape index (κ2) is 21.9. The van der Waals surface area contributed by atoms with E-state index in [0.717, 1.165) is 102 Å². The molecule has 1 spiro atoms. The lowest BCUT2D eigenvalue weighted by Gasteiger charge is -2.47. The average Bonchev–Trinajstić information content (AvgIpc) is 3.17. The van der Waals surface area contributed by atoms with Crippen LogP contribution in [0.3, 0.4) is 0 Å². The summed E-state index contributed by atoms with van der Waals surface area (Å²) in [7, 11) is 0. The highest BCUT2D eigenvalue weighted by molar-refractivity contribution is 6.01. The summed E-state index contributed by atoms with van der Waals surface area (Å²) in [5, 5.41) is 0. The number of carbonyl (C=O) groups is 1. The molecule has 3 heterocycles. The van der Waals surface area contributed by atoms with Crippen molar-refractivity contribution in [2.45, 2.75) is 242 Å². The number of aryl methyl sites for hydroxylation is 1. The highest BCUT2D eigenvalue weighted by Crippen LogP contribution is 2.54. The van der Waals surface area contributed by atoms with Crippen LogP contribution in [0.5, 0.6) is 11.5 Å². The van der Waals surface area contributed by atoms with Crippen molar-refractivity contribution in [1.82, 2.24) is 0 Å². The fourth-order valence-electron chi connectivity index (χ4n) is 11.3. The lowest BCUT2D eigenvalue weighted by atomic mass is 9.64. The van der Waals surface area contributed by atoms with E-state index >= 15 is 0 Å². The van der Waals surface area contributed by atoms with Crippen molar-refractivity contribution in [3.05, 3.63) is 45.7 Å². The molecule has 1 aromatic carbocycles. The molecule has 340 valence electrons. The van der Waals surface area contributed by atoms with E-state index in [0.29, 0.717) is 13.0 Å². The van der Waals surface area contributed by atoms with Crippen molar-refractivity contribution in [3.8, 4) is 11.5 Å². The van der Waals surface area contributed by atoms with Gasteiger partial charge >= 0.3 is 0 Å². The van der Waals surface area contributed by atoms with Gasteiger partial charge in [-0.2, -0.15) is 0 Å². The first-order chi connectivity index (χ1) is 28.4. The molecule has 0 unspecified atom stereocenters. The zero-order valence-corrected chi connectivity index (χ0v) is 41.2. The standard InChI is InChI=1S/C56H92O4/c1-39(2)19-13-21-41(5)23-15-25-43(7)27-17-31-54(11)33-29-47-48-37-56(38-58-50(48)35-45(9)52(47)59-54)49-30-34-55(12,60-53(49)46(10)36-51(56)57)32-18-28-44(8)26-16-24-42(6)22-14-20-40(3)4/h35-36,39-44H,13-34,37-38H2,1-12H3/t41-,42-,43-,44-,54-,55-,56-/m1/s1. The van der Waals surface area contributed by atoms with Gasteiger partial charge < -0.3 is 14.2 Å². The molecule has 60 heavy (non-hydrogen) atoms. The van der Waals surface area contributed by atoms with Gasteiger partial charge in [0.1, 0.15) is 35.1 Å². The fraction of sp³-hybridized carbons (Fsp3) is 0.804. The van der Waals surface area contributed by atoms with Crippen molar-refractivity contribution in [3.63, 3.8) is 0 Å². The minimum atomic E-state index is -0.699. The van der Waals surface area contributed by atoms with Gasteiger partial charge in [-0.3, -0.25) is 4.79 Å². The Morgan fingerprint density at radius 1 is 0.600 bits per heavy atom. The number of fused-ring (bicyclic) bond motifs is 4. The molecule has 1 aromatic rings. The summed E-state index contributed by atoms with van der Waals surface area (Å²) in [6, 6.07) is 2.19. The molecule has 1 aliphatic carbocycles. The molecular weight excluding hydrogens is 737 g/mol. The Morgan fingerprint density at radius 2 is 1.07 bits per heavy atom. The van der Waals surface area contributed by atoms with Gasteiger partial charge in [-0.25, -0.2) is 0 Å². The Kier molecular flexibility index (Phi) is 17.8. The highest BCUT2D eigenvalue weighted by atomic mass is 16.5. The quantitative estimate of drug-likeness (QED) is 0.104. The van der Waals surface area contributed by atoms with Crippen LogP contribution in [0.1, 0.15) is 228 Å². The molecule has 4 nitrogen and oxygen atoms in total. The molecule has 5 rings (SSSR count). The maximum atomic E-state index is 14.3. The van der Waals surface area contributed by atoms with Crippen LogP contribution in [0.15, 0.2) is 29.0 Å². The topological polar surface area (TPSA) is 44.8 Å². The Bertz CT molecular complexity index is 1610. The number of hydrogen-bond donors (Lipinski definition) is 0. The molecule has 0 radical (unpaired) electrons. The number of allylic oxidation sites excluding steroid dienone is 2. The summed E-state index contributed by atoms with van der Waals surface area (Å²) < 4.78 is 20.7. The third-order valence-corrected chi connectivity index (χ3v) is 15.7. The first-order valence-corrected chi connectivity index (χ1v) is 25.6. The number of carbonyl (C=O) groups excluding carboxylic acids is 1. The maximum Gasteiger partial charge on any atom is 0.170 e. The minimum Gasteiger partial charge on any atom is -0.492 e. The third-order valence-electron chi connectivity index (χ3n) is 15.7. The summed E-state index contributed by atoms with van der Waals surface area (Å²) in [5.74, 6) is 8.03. The molecule has 0 N–H and O–H groups in total. The molecule has 0 aromatic heterocycles. The number of benzene rings is 1. The monoisotopic (exact) mass is 829 g/mol. The van der Waals surface area contributed by atoms with Gasteiger partial charge in [0.15, 0.2) is 5.78 Å².